The van der Waals surface area contributed by atoms with E-state index < -0.39 is 0 Å². The molecule has 3 aromatic rings. The lowest BCUT2D eigenvalue weighted by Crippen LogP contribution is -1.90. The highest BCUT2D eigenvalue weighted by Crippen LogP contribution is 2.28. The zero-order chi connectivity index (χ0) is 21.3. The summed E-state index contributed by atoms with van der Waals surface area (Å²) in [7, 11) is 6.64. The fourth-order valence-corrected chi connectivity index (χ4v) is 3.11. The molecular formula is C26H26O4. The normalized spacial score (nSPS) is 11.1. The van der Waals surface area contributed by atoms with E-state index in [-0.39, 0.29) is 0 Å². The largest absolute Gasteiger partial charge is 0.497 e. The van der Waals surface area contributed by atoms with Crippen LogP contribution in [0.1, 0.15) is 22.3 Å². The van der Waals surface area contributed by atoms with Crippen molar-refractivity contribution in [2.75, 3.05) is 28.4 Å². The maximum atomic E-state index is 5.47. The van der Waals surface area contributed by atoms with Crippen LogP contribution in [0, 0.1) is 0 Å². The fraction of sp³-hybridized carbons (Fsp3) is 0.154. The van der Waals surface area contributed by atoms with Gasteiger partial charge in [-0.2, -0.15) is 0 Å². The van der Waals surface area contributed by atoms with E-state index in [0.29, 0.717) is 0 Å². The number of benzene rings is 3. The first-order chi connectivity index (χ1) is 14.7. The Bertz CT molecular complexity index is 966. The zero-order valence-corrected chi connectivity index (χ0v) is 17.7. The van der Waals surface area contributed by atoms with Crippen LogP contribution in [0.5, 0.6) is 23.0 Å². The fourth-order valence-electron chi connectivity index (χ4n) is 3.11. The van der Waals surface area contributed by atoms with Crippen molar-refractivity contribution < 1.29 is 18.9 Å². The molecule has 0 heterocycles. The van der Waals surface area contributed by atoms with Gasteiger partial charge in [0.15, 0.2) is 0 Å². The van der Waals surface area contributed by atoms with E-state index >= 15 is 0 Å². The van der Waals surface area contributed by atoms with Crippen LogP contribution >= 0.6 is 0 Å². The lowest BCUT2D eigenvalue weighted by atomic mass is 10.0. The van der Waals surface area contributed by atoms with Crippen LogP contribution in [0.25, 0.3) is 24.3 Å². The summed E-state index contributed by atoms with van der Waals surface area (Å²) in [6.07, 6.45) is 8.19. The Labute approximate surface area is 178 Å². The van der Waals surface area contributed by atoms with Crippen LogP contribution in [0.15, 0.2) is 60.7 Å². The third kappa shape index (κ3) is 5.03. The molecule has 0 aliphatic carbocycles. The van der Waals surface area contributed by atoms with E-state index in [4.69, 9.17) is 18.9 Å². The first kappa shape index (κ1) is 21.1. The summed E-state index contributed by atoms with van der Waals surface area (Å²) >= 11 is 0. The van der Waals surface area contributed by atoms with E-state index in [1.165, 1.54) is 0 Å². The number of rotatable bonds is 8. The molecule has 0 aliphatic rings. The summed E-state index contributed by atoms with van der Waals surface area (Å²) in [5.74, 6) is 3.16. The highest BCUT2D eigenvalue weighted by atomic mass is 16.5. The van der Waals surface area contributed by atoms with Gasteiger partial charge in [0, 0.05) is 11.1 Å². The van der Waals surface area contributed by atoms with Crippen LogP contribution in [0.3, 0.4) is 0 Å². The monoisotopic (exact) mass is 402 g/mol. The Hall–Kier alpha value is -3.66. The molecule has 0 spiro atoms. The van der Waals surface area contributed by atoms with Gasteiger partial charge < -0.3 is 18.9 Å². The minimum Gasteiger partial charge on any atom is -0.497 e. The lowest BCUT2D eigenvalue weighted by Gasteiger charge is -2.08. The molecule has 0 unspecified atom stereocenters. The average Bonchev–Trinajstić information content (AvgIpc) is 2.81. The Balaban J connectivity index is 1.93. The van der Waals surface area contributed by atoms with E-state index in [1.54, 1.807) is 28.4 Å². The molecule has 0 fully saturated rings. The summed E-state index contributed by atoms with van der Waals surface area (Å²) in [6.45, 7) is 0. The van der Waals surface area contributed by atoms with Gasteiger partial charge in [0.2, 0.25) is 0 Å². The lowest BCUT2D eigenvalue weighted by molar-refractivity contribution is 0.402. The van der Waals surface area contributed by atoms with Crippen LogP contribution in [0.2, 0.25) is 0 Å². The molecule has 4 nitrogen and oxygen atoms in total. The van der Waals surface area contributed by atoms with Crippen LogP contribution in [-0.4, -0.2) is 28.4 Å². The SMILES string of the molecule is COc1ccc(OC)c(/C=C/c2ccccc2/C=C/c2cc(OC)ccc2OC)c1. The highest BCUT2D eigenvalue weighted by molar-refractivity contribution is 5.81. The zero-order valence-electron chi connectivity index (χ0n) is 17.7. The van der Waals surface area contributed by atoms with E-state index in [9.17, 15) is 0 Å². The minimum atomic E-state index is 0.786. The molecule has 3 aromatic carbocycles. The van der Waals surface area contributed by atoms with Crippen molar-refractivity contribution in [3.63, 3.8) is 0 Å². The van der Waals surface area contributed by atoms with Crippen LogP contribution in [0.4, 0.5) is 0 Å². The van der Waals surface area contributed by atoms with Crippen molar-refractivity contribution in [3.8, 4) is 23.0 Å². The number of hydrogen-bond donors (Lipinski definition) is 0. The first-order valence-electron chi connectivity index (χ1n) is 9.57. The molecule has 0 saturated heterocycles. The minimum absolute atomic E-state index is 0.786. The molecule has 0 saturated carbocycles. The molecular weight excluding hydrogens is 376 g/mol. The predicted octanol–water partition coefficient (Wildman–Crippen LogP) is 6.06. The molecule has 0 atom stereocenters. The molecule has 0 aromatic heterocycles. The van der Waals surface area contributed by atoms with Gasteiger partial charge >= 0.3 is 0 Å². The second-order valence-corrected chi connectivity index (χ2v) is 6.51. The third-order valence-electron chi connectivity index (χ3n) is 4.75. The molecule has 0 bridgehead atoms. The van der Waals surface area contributed by atoms with Gasteiger partial charge in [-0.05, 0) is 47.5 Å². The molecule has 4 heteroatoms. The van der Waals surface area contributed by atoms with Gasteiger partial charge in [-0.1, -0.05) is 48.6 Å². The molecule has 3 rings (SSSR count). The van der Waals surface area contributed by atoms with Gasteiger partial charge in [0.1, 0.15) is 23.0 Å². The Morgan fingerprint density at radius 2 is 0.867 bits per heavy atom. The Kier molecular flexibility index (Phi) is 7.17. The second-order valence-electron chi connectivity index (χ2n) is 6.51. The quantitative estimate of drug-likeness (QED) is 0.429. The van der Waals surface area contributed by atoms with Gasteiger partial charge in [-0.15, -0.1) is 0 Å². The Morgan fingerprint density at radius 1 is 0.467 bits per heavy atom. The molecule has 0 N–H and O–H groups in total. The predicted molar refractivity (Wildman–Crippen MR) is 123 cm³/mol. The van der Waals surface area contributed by atoms with Gasteiger partial charge in [-0.3, -0.25) is 0 Å². The molecule has 30 heavy (non-hydrogen) atoms. The van der Waals surface area contributed by atoms with E-state index in [2.05, 4.69) is 24.3 Å². The standard InChI is InChI=1S/C26H26O4/c1-27-23-13-15-25(29-3)21(17-23)11-9-19-7-5-6-8-20(19)10-12-22-18-24(28-2)14-16-26(22)30-4/h5-18H,1-4H3/b11-9+,12-10+. The number of ether oxygens (including phenoxy) is 4. The van der Waals surface area contributed by atoms with Crippen molar-refractivity contribution in [1.82, 2.24) is 0 Å². The summed E-state index contributed by atoms with van der Waals surface area (Å²) in [5.41, 5.74) is 4.07. The number of hydrogen-bond acceptors (Lipinski definition) is 4. The maximum Gasteiger partial charge on any atom is 0.126 e. The maximum absolute atomic E-state index is 5.47. The van der Waals surface area contributed by atoms with E-state index in [0.717, 1.165) is 45.3 Å². The first-order valence-corrected chi connectivity index (χ1v) is 9.57. The van der Waals surface area contributed by atoms with Crippen molar-refractivity contribution >= 4 is 24.3 Å². The van der Waals surface area contributed by atoms with Crippen LogP contribution < -0.4 is 18.9 Å². The summed E-state index contributed by atoms with van der Waals surface area (Å²) in [6, 6.07) is 19.7. The number of methoxy groups -OCH3 is 4. The summed E-state index contributed by atoms with van der Waals surface area (Å²) < 4.78 is 21.6. The summed E-state index contributed by atoms with van der Waals surface area (Å²) in [5, 5.41) is 0. The van der Waals surface area contributed by atoms with Crippen molar-refractivity contribution in [1.29, 1.82) is 0 Å². The third-order valence-corrected chi connectivity index (χ3v) is 4.75. The van der Waals surface area contributed by atoms with Gasteiger partial charge in [0.05, 0.1) is 28.4 Å². The second kappa shape index (κ2) is 10.2. The van der Waals surface area contributed by atoms with Crippen molar-refractivity contribution in [3.05, 3.63) is 82.9 Å². The average molecular weight is 402 g/mol. The van der Waals surface area contributed by atoms with Gasteiger partial charge in [-0.25, -0.2) is 0 Å². The highest BCUT2D eigenvalue weighted by Gasteiger charge is 2.04. The van der Waals surface area contributed by atoms with Crippen molar-refractivity contribution in [2.45, 2.75) is 0 Å². The molecule has 0 amide bonds. The molecule has 154 valence electrons. The van der Waals surface area contributed by atoms with Crippen LogP contribution in [-0.2, 0) is 0 Å². The van der Waals surface area contributed by atoms with E-state index in [1.807, 2.05) is 60.7 Å². The van der Waals surface area contributed by atoms with Gasteiger partial charge in [0.25, 0.3) is 0 Å². The summed E-state index contributed by atoms with van der Waals surface area (Å²) in [4.78, 5) is 0. The molecule has 0 aliphatic heterocycles. The van der Waals surface area contributed by atoms with Crippen molar-refractivity contribution in [2.24, 2.45) is 0 Å². The smallest absolute Gasteiger partial charge is 0.126 e. The molecule has 0 radical (unpaired) electrons. The Morgan fingerprint density at radius 3 is 1.23 bits per heavy atom. The topological polar surface area (TPSA) is 36.9 Å².